The highest BCUT2D eigenvalue weighted by atomic mass is 35.5. The van der Waals surface area contributed by atoms with E-state index in [9.17, 15) is 20.0 Å². The first-order valence-corrected chi connectivity index (χ1v) is 5.60. The Hall–Kier alpha value is -1.28. The zero-order valence-electron chi connectivity index (χ0n) is 8.21. The van der Waals surface area contributed by atoms with Crippen LogP contribution in [0, 0.1) is 10.1 Å². The molecule has 1 N–H and O–H groups in total. The summed E-state index contributed by atoms with van der Waals surface area (Å²) in [6.07, 6.45) is 0.815. The lowest BCUT2D eigenvalue weighted by Crippen LogP contribution is -2.19. The van der Waals surface area contributed by atoms with Crippen LogP contribution in [0.5, 0.6) is 5.88 Å². The maximum atomic E-state index is 11.4. The van der Waals surface area contributed by atoms with Gasteiger partial charge in [-0.15, -0.1) is 0 Å². The molecule has 0 aliphatic carbocycles. The molecule has 88 valence electrons. The smallest absolute Gasteiger partial charge is 0.396 e. The molecule has 1 heterocycles. The predicted molar refractivity (Wildman–Crippen MR) is 59.1 cm³/mol. The van der Waals surface area contributed by atoms with Gasteiger partial charge in [-0.3, -0.25) is 14.9 Å². The standard InChI is InChI=1S/C7H8ClN3O4S/c1-2-3-16-7-9-5(12)4(11(14)15)6(13)10(7)8/h12H,2-3H2,1H3. The van der Waals surface area contributed by atoms with Crippen molar-refractivity contribution in [3.05, 3.63) is 20.5 Å². The van der Waals surface area contributed by atoms with Gasteiger partial charge in [0.1, 0.15) is 0 Å². The molecule has 0 unspecified atom stereocenters. The Labute approximate surface area is 99.3 Å². The molecule has 9 heteroatoms. The van der Waals surface area contributed by atoms with Crippen molar-refractivity contribution in [2.45, 2.75) is 18.5 Å². The zero-order chi connectivity index (χ0) is 12.3. The second-order valence-corrected chi connectivity index (χ2v) is 4.16. The van der Waals surface area contributed by atoms with Crippen LogP contribution in [0.2, 0.25) is 0 Å². The highest BCUT2D eigenvalue weighted by Gasteiger charge is 2.25. The van der Waals surface area contributed by atoms with Gasteiger partial charge in [0.2, 0.25) is 0 Å². The highest BCUT2D eigenvalue weighted by molar-refractivity contribution is 7.99. The lowest BCUT2D eigenvalue weighted by atomic mass is 10.5. The fourth-order valence-corrected chi connectivity index (χ4v) is 1.90. The van der Waals surface area contributed by atoms with E-state index in [2.05, 4.69) is 4.98 Å². The Morgan fingerprint density at radius 1 is 1.69 bits per heavy atom. The second kappa shape index (κ2) is 5.17. The average Bonchev–Trinajstić information content (AvgIpc) is 2.21. The summed E-state index contributed by atoms with van der Waals surface area (Å²) in [7, 11) is 0. The van der Waals surface area contributed by atoms with E-state index < -0.39 is 22.0 Å². The summed E-state index contributed by atoms with van der Waals surface area (Å²) in [6, 6.07) is 0. The minimum Gasteiger partial charge on any atom is -0.488 e. The third kappa shape index (κ3) is 2.45. The monoisotopic (exact) mass is 265 g/mol. The number of rotatable bonds is 4. The summed E-state index contributed by atoms with van der Waals surface area (Å²) in [5.41, 5.74) is -2.10. The molecule has 1 aromatic heterocycles. The molecule has 0 aromatic carbocycles. The van der Waals surface area contributed by atoms with Gasteiger partial charge < -0.3 is 5.11 Å². The molecule has 0 atom stereocenters. The largest absolute Gasteiger partial charge is 0.488 e. The first kappa shape index (κ1) is 12.8. The third-order valence-electron chi connectivity index (χ3n) is 1.58. The van der Waals surface area contributed by atoms with Crippen molar-refractivity contribution in [3.8, 4) is 5.88 Å². The first-order valence-electron chi connectivity index (χ1n) is 4.28. The number of hydrogen-bond donors (Lipinski definition) is 1. The van der Waals surface area contributed by atoms with Gasteiger partial charge in [-0.1, -0.05) is 18.7 Å². The summed E-state index contributed by atoms with van der Waals surface area (Å²) in [5, 5.41) is 19.7. The van der Waals surface area contributed by atoms with E-state index in [1.807, 2.05) is 6.92 Å². The van der Waals surface area contributed by atoms with Crippen molar-refractivity contribution >= 4 is 29.2 Å². The van der Waals surface area contributed by atoms with E-state index in [0.29, 0.717) is 9.84 Å². The Bertz CT molecular complexity index is 475. The van der Waals surface area contributed by atoms with Gasteiger partial charge in [0.15, 0.2) is 5.16 Å². The molecule has 0 fully saturated rings. The van der Waals surface area contributed by atoms with Crippen molar-refractivity contribution in [3.63, 3.8) is 0 Å². The fraction of sp³-hybridized carbons (Fsp3) is 0.429. The minimum atomic E-state index is -1.09. The number of aromatic nitrogens is 2. The van der Waals surface area contributed by atoms with Crippen LogP contribution in [0.3, 0.4) is 0 Å². The molecule has 0 amide bonds. The Morgan fingerprint density at radius 3 is 2.81 bits per heavy atom. The van der Waals surface area contributed by atoms with Gasteiger partial charge in [-0.25, -0.2) is 0 Å². The molecule has 0 saturated heterocycles. The van der Waals surface area contributed by atoms with Crippen LogP contribution >= 0.6 is 23.5 Å². The molecule has 0 aliphatic heterocycles. The maximum Gasteiger partial charge on any atom is 0.396 e. The average molecular weight is 266 g/mol. The lowest BCUT2D eigenvalue weighted by Gasteiger charge is -2.03. The van der Waals surface area contributed by atoms with E-state index in [0.717, 1.165) is 18.2 Å². The minimum absolute atomic E-state index is 0.0385. The van der Waals surface area contributed by atoms with Crippen LogP contribution in [-0.2, 0) is 0 Å². The van der Waals surface area contributed by atoms with Gasteiger partial charge >= 0.3 is 11.2 Å². The quantitative estimate of drug-likeness (QED) is 0.382. The van der Waals surface area contributed by atoms with Crippen LogP contribution < -0.4 is 5.56 Å². The predicted octanol–water partition coefficient (Wildman–Crippen LogP) is 1.36. The summed E-state index contributed by atoms with van der Waals surface area (Å²) in [4.78, 5) is 24.3. The van der Waals surface area contributed by atoms with Crippen molar-refractivity contribution in [2.24, 2.45) is 0 Å². The highest BCUT2D eigenvalue weighted by Crippen LogP contribution is 2.24. The van der Waals surface area contributed by atoms with E-state index in [-0.39, 0.29) is 5.16 Å². The number of thioether (sulfide) groups is 1. The number of halogens is 1. The molecule has 0 saturated carbocycles. The topological polar surface area (TPSA) is 98.3 Å². The van der Waals surface area contributed by atoms with E-state index in [1.54, 1.807) is 0 Å². The van der Waals surface area contributed by atoms with Gasteiger partial charge in [0.25, 0.3) is 5.88 Å². The van der Waals surface area contributed by atoms with Crippen LogP contribution in [0.25, 0.3) is 0 Å². The number of hydrogen-bond acceptors (Lipinski definition) is 6. The molecular weight excluding hydrogens is 258 g/mol. The van der Waals surface area contributed by atoms with Crippen molar-refractivity contribution in [2.75, 3.05) is 5.75 Å². The summed E-state index contributed by atoms with van der Waals surface area (Å²) in [6.45, 7) is 1.91. The summed E-state index contributed by atoms with van der Waals surface area (Å²) < 4.78 is 0.540. The van der Waals surface area contributed by atoms with E-state index in [4.69, 9.17) is 11.8 Å². The fourth-order valence-electron chi connectivity index (χ4n) is 0.905. The van der Waals surface area contributed by atoms with Gasteiger partial charge in [0.05, 0.1) is 4.92 Å². The Morgan fingerprint density at radius 2 is 2.31 bits per heavy atom. The van der Waals surface area contributed by atoms with Crippen LogP contribution in [0.1, 0.15) is 13.3 Å². The van der Waals surface area contributed by atoms with Gasteiger partial charge in [0, 0.05) is 17.5 Å². The normalized spacial score (nSPS) is 10.4. The van der Waals surface area contributed by atoms with Crippen molar-refractivity contribution < 1.29 is 10.0 Å². The maximum absolute atomic E-state index is 11.4. The number of nitrogens with zero attached hydrogens (tertiary/aromatic N) is 3. The summed E-state index contributed by atoms with van der Waals surface area (Å²) >= 11 is 6.69. The van der Waals surface area contributed by atoms with Crippen LogP contribution in [-0.4, -0.2) is 24.9 Å². The molecule has 1 rings (SSSR count). The van der Waals surface area contributed by atoms with E-state index in [1.165, 1.54) is 0 Å². The Balaban J connectivity index is 3.28. The second-order valence-electron chi connectivity index (χ2n) is 2.76. The van der Waals surface area contributed by atoms with Crippen LogP contribution in [0.4, 0.5) is 5.69 Å². The molecular formula is C7H8ClN3O4S. The molecule has 7 nitrogen and oxygen atoms in total. The first-order chi connectivity index (χ1) is 7.49. The molecule has 1 aromatic rings. The van der Waals surface area contributed by atoms with E-state index >= 15 is 0 Å². The number of nitro groups is 1. The zero-order valence-corrected chi connectivity index (χ0v) is 9.79. The van der Waals surface area contributed by atoms with Crippen molar-refractivity contribution in [1.29, 1.82) is 0 Å². The van der Waals surface area contributed by atoms with Gasteiger partial charge in [-0.05, 0) is 6.42 Å². The number of aromatic hydroxyl groups is 1. The Kier molecular flexibility index (Phi) is 4.13. The molecule has 16 heavy (non-hydrogen) atoms. The summed E-state index contributed by atoms with van der Waals surface area (Å²) in [5.74, 6) is -0.276. The molecule has 0 bridgehead atoms. The van der Waals surface area contributed by atoms with Gasteiger partial charge in [-0.2, -0.15) is 9.07 Å². The SMILES string of the molecule is CCCSc1nc(O)c([N+](=O)[O-])c(=O)n1Cl. The molecule has 0 radical (unpaired) electrons. The van der Waals surface area contributed by atoms with Crippen LogP contribution in [0.15, 0.2) is 9.95 Å². The molecule has 0 spiro atoms. The molecule has 0 aliphatic rings. The lowest BCUT2D eigenvalue weighted by molar-refractivity contribution is -0.387. The van der Waals surface area contributed by atoms with Crippen molar-refractivity contribution in [1.82, 2.24) is 9.07 Å². The third-order valence-corrected chi connectivity index (χ3v) is 3.14.